The maximum atomic E-state index is 12.7. The molecule has 1 fully saturated rings. The lowest BCUT2D eigenvalue weighted by Gasteiger charge is -2.16. The Balaban J connectivity index is 1.60. The van der Waals surface area contributed by atoms with Crippen molar-refractivity contribution < 1.29 is 8.42 Å². The summed E-state index contributed by atoms with van der Waals surface area (Å²) in [6.45, 7) is 1.49. The Morgan fingerprint density at radius 2 is 1.66 bits per heavy atom. The Morgan fingerprint density at radius 3 is 2.21 bits per heavy atom. The van der Waals surface area contributed by atoms with Gasteiger partial charge in [0.05, 0.1) is 14.9 Å². The first-order valence-electron chi connectivity index (χ1n) is 9.09. The second kappa shape index (κ2) is 7.95. The number of amidine groups is 1. The number of hydrogen-bond acceptors (Lipinski definition) is 6. The van der Waals surface area contributed by atoms with Crippen LogP contribution in [0, 0.1) is 0 Å². The summed E-state index contributed by atoms with van der Waals surface area (Å²) in [5.74, 6) is 0.837. The number of nitrogens with zero attached hydrogens (tertiary/aromatic N) is 3. The Bertz CT molecular complexity index is 1080. The molecule has 3 N–H and O–H groups in total. The normalized spacial score (nSPS) is 17.3. The second-order valence-corrected chi connectivity index (χ2v) is 9.57. The second-order valence-electron chi connectivity index (χ2n) is 6.82. The molecule has 4 rings (SSSR count). The van der Waals surface area contributed by atoms with Gasteiger partial charge in [-0.2, -0.15) is 9.30 Å². The van der Waals surface area contributed by atoms with Gasteiger partial charge in [-0.25, -0.2) is 13.4 Å². The Labute approximate surface area is 179 Å². The van der Waals surface area contributed by atoms with E-state index in [9.17, 15) is 8.42 Å². The van der Waals surface area contributed by atoms with E-state index in [0.717, 1.165) is 18.4 Å². The van der Waals surface area contributed by atoms with Crippen molar-refractivity contribution in [2.45, 2.75) is 17.7 Å². The zero-order chi connectivity index (χ0) is 20.6. The van der Waals surface area contributed by atoms with Crippen molar-refractivity contribution in [3.8, 4) is 11.1 Å². The number of anilines is 1. The van der Waals surface area contributed by atoms with Gasteiger partial charge < -0.3 is 11.1 Å². The standard InChI is InChI=1S/C19H19Cl2N5O2S/c20-15-9-13(24-19-23-11-17(22)25-19)10-16(21)18(15)12-3-5-14(6-4-12)29(27,28)26-7-1-2-8-26/h3-6,9-10H,1-2,7-8,11H2,(H3,22,23,24,25). The number of rotatable bonds is 4. The molecule has 0 unspecified atom stereocenters. The number of hydrogen-bond donors (Lipinski definition) is 2. The lowest BCUT2D eigenvalue weighted by Crippen LogP contribution is -2.27. The molecule has 2 heterocycles. The highest BCUT2D eigenvalue weighted by atomic mass is 35.5. The van der Waals surface area contributed by atoms with E-state index in [-0.39, 0.29) is 4.90 Å². The molecule has 1 saturated heterocycles. The average molecular weight is 452 g/mol. The molecule has 0 aliphatic carbocycles. The highest BCUT2D eigenvalue weighted by Gasteiger charge is 2.27. The highest BCUT2D eigenvalue weighted by molar-refractivity contribution is 7.89. The lowest BCUT2D eigenvalue weighted by atomic mass is 10.1. The van der Waals surface area contributed by atoms with E-state index in [0.29, 0.717) is 52.7 Å². The summed E-state index contributed by atoms with van der Waals surface area (Å²) in [4.78, 5) is 8.49. The van der Waals surface area contributed by atoms with Gasteiger partial charge >= 0.3 is 0 Å². The Hall–Kier alpha value is -2.13. The smallest absolute Gasteiger partial charge is 0.243 e. The zero-order valence-electron chi connectivity index (χ0n) is 15.4. The molecule has 0 saturated carbocycles. The fraction of sp³-hybridized carbons (Fsp3) is 0.263. The van der Waals surface area contributed by atoms with E-state index in [1.54, 1.807) is 36.4 Å². The van der Waals surface area contributed by atoms with Crippen LogP contribution in [0.3, 0.4) is 0 Å². The average Bonchev–Trinajstić information content (AvgIpc) is 3.34. The van der Waals surface area contributed by atoms with Crippen LogP contribution in [0.4, 0.5) is 5.69 Å². The van der Waals surface area contributed by atoms with Crippen molar-refractivity contribution in [1.29, 1.82) is 0 Å². The molecule has 0 spiro atoms. The third-order valence-corrected chi connectivity index (χ3v) is 7.29. The molecule has 29 heavy (non-hydrogen) atoms. The van der Waals surface area contributed by atoms with Crippen LogP contribution in [0.15, 0.2) is 51.3 Å². The molecule has 0 radical (unpaired) electrons. The molecule has 0 amide bonds. The zero-order valence-corrected chi connectivity index (χ0v) is 17.7. The fourth-order valence-corrected chi connectivity index (χ4v) is 5.57. The van der Waals surface area contributed by atoms with Crippen LogP contribution < -0.4 is 11.1 Å². The molecular formula is C19H19Cl2N5O2S. The monoisotopic (exact) mass is 451 g/mol. The molecular weight excluding hydrogens is 433 g/mol. The molecule has 2 aromatic carbocycles. The first-order valence-corrected chi connectivity index (χ1v) is 11.3. The van der Waals surface area contributed by atoms with E-state index >= 15 is 0 Å². The van der Waals surface area contributed by atoms with Crippen molar-refractivity contribution in [2.75, 3.05) is 25.0 Å². The molecule has 0 bridgehead atoms. The van der Waals surface area contributed by atoms with Gasteiger partial charge in [-0.15, -0.1) is 0 Å². The number of sulfonamides is 1. The van der Waals surface area contributed by atoms with Crippen LogP contribution in [-0.2, 0) is 10.0 Å². The summed E-state index contributed by atoms with van der Waals surface area (Å²) >= 11 is 12.9. The topological polar surface area (TPSA) is 100 Å². The molecule has 2 aromatic rings. The predicted molar refractivity (Wildman–Crippen MR) is 117 cm³/mol. The van der Waals surface area contributed by atoms with Crippen LogP contribution in [0.2, 0.25) is 10.0 Å². The van der Waals surface area contributed by atoms with Gasteiger partial charge in [0.25, 0.3) is 0 Å². The Morgan fingerprint density at radius 1 is 1.03 bits per heavy atom. The largest absolute Gasteiger partial charge is 0.385 e. The van der Waals surface area contributed by atoms with Gasteiger partial charge in [-0.1, -0.05) is 35.3 Å². The number of guanidine groups is 1. The summed E-state index contributed by atoms with van der Waals surface area (Å²) < 4.78 is 26.9. The van der Waals surface area contributed by atoms with Gasteiger partial charge in [-0.3, -0.25) is 0 Å². The molecule has 0 atom stereocenters. The van der Waals surface area contributed by atoms with Crippen LogP contribution >= 0.6 is 23.2 Å². The van der Waals surface area contributed by atoms with E-state index in [1.807, 2.05) is 0 Å². The van der Waals surface area contributed by atoms with Gasteiger partial charge in [0.2, 0.25) is 16.0 Å². The summed E-state index contributed by atoms with van der Waals surface area (Å²) in [6, 6.07) is 10.0. The minimum Gasteiger partial charge on any atom is -0.385 e. The molecule has 152 valence electrons. The van der Waals surface area contributed by atoms with Crippen LogP contribution in [0.25, 0.3) is 11.1 Å². The van der Waals surface area contributed by atoms with Crippen LogP contribution in [0.1, 0.15) is 12.8 Å². The maximum absolute atomic E-state index is 12.7. The van der Waals surface area contributed by atoms with Gasteiger partial charge in [0.1, 0.15) is 12.4 Å². The molecule has 2 aliphatic rings. The summed E-state index contributed by atoms with van der Waals surface area (Å²) in [5, 5.41) is 3.86. The predicted octanol–water partition coefficient (Wildman–Crippen LogP) is 3.58. The quantitative estimate of drug-likeness (QED) is 0.741. The van der Waals surface area contributed by atoms with Crippen molar-refractivity contribution >= 4 is 50.7 Å². The van der Waals surface area contributed by atoms with Gasteiger partial charge in [0.15, 0.2) is 0 Å². The molecule has 7 nitrogen and oxygen atoms in total. The van der Waals surface area contributed by atoms with Crippen molar-refractivity contribution in [1.82, 2.24) is 4.31 Å². The minimum atomic E-state index is -3.46. The third kappa shape index (κ3) is 4.11. The number of nitrogens with one attached hydrogen (secondary N) is 1. The number of benzene rings is 2. The van der Waals surface area contributed by atoms with E-state index in [4.69, 9.17) is 28.9 Å². The fourth-order valence-electron chi connectivity index (χ4n) is 3.35. The number of halogens is 2. The highest BCUT2D eigenvalue weighted by Crippen LogP contribution is 2.38. The first-order chi connectivity index (χ1) is 13.8. The van der Waals surface area contributed by atoms with E-state index in [1.165, 1.54) is 4.31 Å². The third-order valence-electron chi connectivity index (χ3n) is 4.78. The van der Waals surface area contributed by atoms with E-state index < -0.39 is 10.0 Å². The molecule has 0 aromatic heterocycles. The molecule has 10 heteroatoms. The van der Waals surface area contributed by atoms with Crippen molar-refractivity contribution in [3.63, 3.8) is 0 Å². The Kier molecular flexibility index (Phi) is 5.52. The van der Waals surface area contributed by atoms with Crippen LogP contribution in [0.5, 0.6) is 0 Å². The van der Waals surface area contributed by atoms with Crippen LogP contribution in [-0.4, -0.2) is 44.2 Å². The summed E-state index contributed by atoms with van der Waals surface area (Å²) in [7, 11) is -3.46. The minimum absolute atomic E-state index is 0.267. The molecule has 2 aliphatic heterocycles. The SMILES string of the molecule is NC1=NC(Nc2cc(Cl)c(-c3ccc(S(=O)(=O)N4CCCC4)cc3)c(Cl)c2)=NC1. The van der Waals surface area contributed by atoms with Gasteiger partial charge in [0, 0.05) is 24.3 Å². The first kappa shape index (κ1) is 20.2. The van der Waals surface area contributed by atoms with E-state index in [2.05, 4.69) is 15.3 Å². The summed E-state index contributed by atoms with van der Waals surface area (Å²) in [6.07, 6.45) is 1.79. The lowest BCUT2D eigenvalue weighted by molar-refractivity contribution is 0.477. The number of nitrogens with two attached hydrogens (primary N) is 1. The number of aliphatic imine (C=N–C) groups is 2. The van der Waals surface area contributed by atoms with Crippen molar-refractivity contribution in [3.05, 3.63) is 46.4 Å². The summed E-state index contributed by atoms with van der Waals surface area (Å²) in [5.41, 5.74) is 7.61. The van der Waals surface area contributed by atoms with Crippen molar-refractivity contribution in [2.24, 2.45) is 15.7 Å². The van der Waals surface area contributed by atoms with Gasteiger partial charge in [-0.05, 0) is 42.7 Å². The maximum Gasteiger partial charge on any atom is 0.243 e.